The third-order valence-corrected chi connectivity index (χ3v) is 4.45. The predicted octanol–water partition coefficient (Wildman–Crippen LogP) is 2.16. The lowest BCUT2D eigenvalue weighted by molar-refractivity contribution is -0.137. The average Bonchev–Trinajstić information content (AvgIpc) is 2.45. The van der Waals surface area contributed by atoms with Crippen molar-refractivity contribution in [2.24, 2.45) is 0 Å². The molecule has 1 N–H and O–H groups in total. The van der Waals surface area contributed by atoms with Crippen molar-refractivity contribution in [2.45, 2.75) is 44.6 Å². The second-order valence-corrected chi connectivity index (χ2v) is 5.87. The van der Waals surface area contributed by atoms with E-state index in [0.29, 0.717) is 0 Å². The molecule has 1 saturated carbocycles. The molecule has 0 atom stereocenters. The molecular formula is C16H20N2O2. The van der Waals surface area contributed by atoms with Gasteiger partial charge < -0.3 is 10.2 Å². The summed E-state index contributed by atoms with van der Waals surface area (Å²) >= 11 is 0. The van der Waals surface area contributed by atoms with Gasteiger partial charge in [0.2, 0.25) is 5.91 Å². The summed E-state index contributed by atoms with van der Waals surface area (Å²) in [6.45, 7) is 2.11. The minimum absolute atomic E-state index is 0.0465. The molecule has 2 amide bonds. The van der Waals surface area contributed by atoms with E-state index < -0.39 is 5.54 Å². The van der Waals surface area contributed by atoms with Crippen LogP contribution in [-0.2, 0) is 9.59 Å². The summed E-state index contributed by atoms with van der Waals surface area (Å²) < 4.78 is 0. The van der Waals surface area contributed by atoms with Crippen LogP contribution in [0, 0.1) is 6.92 Å². The SMILES string of the molecule is Cc1ccccc1N1CC(=O)NC2(CCCCC2)C1=O. The maximum Gasteiger partial charge on any atom is 0.253 e. The van der Waals surface area contributed by atoms with Gasteiger partial charge in [0.15, 0.2) is 0 Å². The van der Waals surface area contributed by atoms with E-state index >= 15 is 0 Å². The molecule has 1 aromatic rings. The van der Waals surface area contributed by atoms with Crippen molar-refractivity contribution >= 4 is 17.5 Å². The van der Waals surface area contributed by atoms with Gasteiger partial charge in [-0.1, -0.05) is 37.5 Å². The normalized spacial score (nSPS) is 21.9. The van der Waals surface area contributed by atoms with Gasteiger partial charge in [0.1, 0.15) is 12.1 Å². The number of hydrogen-bond acceptors (Lipinski definition) is 2. The lowest BCUT2D eigenvalue weighted by Crippen LogP contribution is -2.67. The number of hydrogen-bond donors (Lipinski definition) is 1. The molecule has 1 aliphatic carbocycles. The van der Waals surface area contributed by atoms with E-state index in [1.807, 2.05) is 31.2 Å². The lowest BCUT2D eigenvalue weighted by Gasteiger charge is -2.44. The van der Waals surface area contributed by atoms with Crippen LogP contribution in [0.25, 0.3) is 0 Å². The number of para-hydroxylation sites is 1. The van der Waals surface area contributed by atoms with Crippen molar-refractivity contribution in [1.29, 1.82) is 0 Å². The maximum atomic E-state index is 12.9. The third-order valence-electron chi connectivity index (χ3n) is 4.45. The molecule has 0 bridgehead atoms. The maximum absolute atomic E-state index is 12.9. The van der Waals surface area contributed by atoms with E-state index in [0.717, 1.165) is 43.4 Å². The highest BCUT2D eigenvalue weighted by Crippen LogP contribution is 2.34. The van der Waals surface area contributed by atoms with Gasteiger partial charge in [-0.2, -0.15) is 0 Å². The quantitative estimate of drug-likeness (QED) is 0.851. The fourth-order valence-electron chi connectivity index (χ4n) is 3.39. The highest BCUT2D eigenvalue weighted by atomic mass is 16.2. The number of amides is 2. The molecular weight excluding hydrogens is 252 g/mol. The predicted molar refractivity (Wildman–Crippen MR) is 77.5 cm³/mol. The number of piperazine rings is 1. The zero-order chi connectivity index (χ0) is 14.2. The van der Waals surface area contributed by atoms with Crippen molar-refractivity contribution < 1.29 is 9.59 Å². The summed E-state index contributed by atoms with van der Waals surface area (Å²) in [5, 5.41) is 2.97. The molecule has 106 valence electrons. The van der Waals surface area contributed by atoms with Gasteiger partial charge in [-0.15, -0.1) is 0 Å². The zero-order valence-corrected chi connectivity index (χ0v) is 11.8. The number of nitrogens with one attached hydrogen (secondary N) is 1. The number of carbonyl (C=O) groups excluding carboxylic acids is 2. The summed E-state index contributed by atoms with van der Waals surface area (Å²) in [6, 6.07) is 7.75. The number of nitrogens with zero attached hydrogens (tertiary/aromatic N) is 1. The van der Waals surface area contributed by atoms with Crippen molar-refractivity contribution in [2.75, 3.05) is 11.4 Å². The topological polar surface area (TPSA) is 49.4 Å². The van der Waals surface area contributed by atoms with Crippen LogP contribution in [0.5, 0.6) is 0 Å². The molecule has 4 nitrogen and oxygen atoms in total. The standard InChI is InChI=1S/C16H20N2O2/c1-12-7-3-4-8-13(12)18-11-14(19)17-16(15(18)20)9-5-2-6-10-16/h3-4,7-8H,2,5-6,9-11H2,1H3,(H,17,19). The van der Waals surface area contributed by atoms with Crippen molar-refractivity contribution in [1.82, 2.24) is 5.32 Å². The molecule has 0 radical (unpaired) electrons. The number of carbonyl (C=O) groups is 2. The second kappa shape index (κ2) is 4.93. The van der Waals surface area contributed by atoms with Gasteiger partial charge in [0.05, 0.1) is 0 Å². The van der Waals surface area contributed by atoms with Crippen LogP contribution < -0.4 is 10.2 Å². The fourth-order valence-corrected chi connectivity index (χ4v) is 3.39. The molecule has 4 heteroatoms. The van der Waals surface area contributed by atoms with Crippen LogP contribution in [0.3, 0.4) is 0 Å². The molecule has 1 saturated heterocycles. The summed E-state index contributed by atoms with van der Waals surface area (Å²) in [6.07, 6.45) is 4.69. The summed E-state index contributed by atoms with van der Waals surface area (Å²) in [4.78, 5) is 26.6. The van der Waals surface area contributed by atoms with E-state index in [1.54, 1.807) is 4.90 Å². The largest absolute Gasteiger partial charge is 0.340 e. The Labute approximate surface area is 119 Å². The minimum Gasteiger partial charge on any atom is -0.340 e. The van der Waals surface area contributed by atoms with Crippen LogP contribution in [0.1, 0.15) is 37.7 Å². The fraction of sp³-hybridized carbons (Fsp3) is 0.500. The van der Waals surface area contributed by atoms with Gasteiger partial charge in [-0.3, -0.25) is 9.59 Å². The Morgan fingerprint density at radius 2 is 1.80 bits per heavy atom. The Bertz CT molecular complexity index is 547. The molecule has 20 heavy (non-hydrogen) atoms. The molecule has 2 fully saturated rings. The molecule has 1 heterocycles. The van der Waals surface area contributed by atoms with E-state index in [9.17, 15) is 9.59 Å². The Kier molecular flexibility index (Phi) is 3.24. The number of rotatable bonds is 1. The molecule has 0 unspecified atom stereocenters. The highest BCUT2D eigenvalue weighted by Gasteiger charge is 2.47. The second-order valence-electron chi connectivity index (χ2n) is 5.87. The van der Waals surface area contributed by atoms with E-state index in [2.05, 4.69) is 5.32 Å². The molecule has 3 rings (SSSR count). The van der Waals surface area contributed by atoms with Crippen molar-refractivity contribution in [3.63, 3.8) is 0 Å². The first kappa shape index (κ1) is 13.2. The summed E-state index contributed by atoms with van der Waals surface area (Å²) in [5.41, 5.74) is 1.23. The van der Waals surface area contributed by atoms with E-state index in [1.165, 1.54) is 0 Å². The van der Waals surface area contributed by atoms with Crippen LogP contribution >= 0.6 is 0 Å². The Balaban J connectivity index is 1.97. The first-order valence-electron chi connectivity index (χ1n) is 7.31. The first-order valence-corrected chi connectivity index (χ1v) is 7.31. The highest BCUT2D eigenvalue weighted by molar-refractivity contribution is 6.09. The van der Waals surface area contributed by atoms with Crippen LogP contribution in [0.4, 0.5) is 5.69 Å². The Morgan fingerprint density at radius 1 is 1.10 bits per heavy atom. The third kappa shape index (κ3) is 2.09. The molecule has 1 aliphatic heterocycles. The van der Waals surface area contributed by atoms with Crippen LogP contribution in [0.2, 0.25) is 0 Å². The summed E-state index contributed by atoms with van der Waals surface area (Å²) in [5.74, 6) is 0.0147. The molecule has 1 aromatic carbocycles. The van der Waals surface area contributed by atoms with Gasteiger partial charge in [0, 0.05) is 5.69 Å². The van der Waals surface area contributed by atoms with Gasteiger partial charge in [0.25, 0.3) is 5.91 Å². The number of anilines is 1. The first-order chi connectivity index (χ1) is 9.62. The van der Waals surface area contributed by atoms with E-state index in [4.69, 9.17) is 0 Å². The number of benzene rings is 1. The van der Waals surface area contributed by atoms with Crippen molar-refractivity contribution in [3.8, 4) is 0 Å². The Hall–Kier alpha value is -1.84. The summed E-state index contributed by atoms with van der Waals surface area (Å²) in [7, 11) is 0. The molecule has 1 spiro atoms. The monoisotopic (exact) mass is 272 g/mol. The lowest BCUT2D eigenvalue weighted by atomic mass is 9.79. The number of aryl methyl sites for hydroxylation is 1. The van der Waals surface area contributed by atoms with Gasteiger partial charge >= 0.3 is 0 Å². The van der Waals surface area contributed by atoms with Crippen LogP contribution in [-0.4, -0.2) is 23.9 Å². The van der Waals surface area contributed by atoms with Crippen molar-refractivity contribution in [3.05, 3.63) is 29.8 Å². The molecule has 0 aromatic heterocycles. The average molecular weight is 272 g/mol. The zero-order valence-electron chi connectivity index (χ0n) is 11.8. The van der Waals surface area contributed by atoms with E-state index in [-0.39, 0.29) is 18.4 Å². The van der Waals surface area contributed by atoms with Crippen LogP contribution in [0.15, 0.2) is 24.3 Å². The van der Waals surface area contributed by atoms with Gasteiger partial charge in [-0.05, 0) is 31.4 Å². The Morgan fingerprint density at radius 3 is 2.50 bits per heavy atom. The van der Waals surface area contributed by atoms with Gasteiger partial charge in [-0.25, -0.2) is 0 Å². The smallest absolute Gasteiger partial charge is 0.253 e. The minimum atomic E-state index is -0.657. The molecule has 2 aliphatic rings.